The van der Waals surface area contributed by atoms with E-state index < -0.39 is 0 Å². The van der Waals surface area contributed by atoms with Gasteiger partial charge in [0.1, 0.15) is 0 Å². The molecule has 2 aromatic carbocycles. The predicted molar refractivity (Wildman–Crippen MR) is 89.2 cm³/mol. The minimum Gasteiger partial charge on any atom is -0.381 e. The molecule has 0 amide bonds. The van der Waals surface area contributed by atoms with E-state index in [1.165, 1.54) is 28.8 Å². The Morgan fingerprint density at radius 1 is 1.10 bits per heavy atom. The molecule has 1 aliphatic carbocycles. The molecule has 4 rings (SSSR count). The standard InChI is InChI=1S/C19H20ClN/c1-11(2)19-16-9-12-5-3-4-6-14(12)18(16)15-10-13(20)7-8-17(15)21-19/h3-8,10-11,16,18-19,21H,9H2,1-2H3. The van der Waals surface area contributed by atoms with Crippen LogP contribution < -0.4 is 5.32 Å². The zero-order chi connectivity index (χ0) is 14.6. The zero-order valence-corrected chi connectivity index (χ0v) is 13.2. The third-order valence-corrected chi connectivity index (χ3v) is 5.36. The van der Waals surface area contributed by atoms with Crippen LogP contribution in [0.5, 0.6) is 0 Å². The van der Waals surface area contributed by atoms with E-state index in [0.29, 0.717) is 23.8 Å². The Kier molecular flexibility index (Phi) is 3.00. The normalized spacial score (nSPS) is 26.0. The van der Waals surface area contributed by atoms with Crippen molar-refractivity contribution in [3.05, 3.63) is 64.2 Å². The molecule has 0 saturated carbocycles. The van der Waals surface area contributed by atoms with Crippen molar-refractivity contribution < 1.29 is 0 Å². The molecule has 2 aliphatic rings. The van der Waals surface area contributed by atoms with Crippen LogP contribution in [-0.2, 0) is 6.42 Å². The lowest BCUT2D eigenvalue weighted by Gasteiger charge is -2.40. The van der Waals surface area contributed by atoms with Gasteiger partial charge in [0.2, 0.25) is 0 Å². The van der Waals surface area contributed by atoms with Crippen molar-refractivity contribution in [3.8, 4) is 0 Å². The van der Waals surface area contributed by atoms with E-state index in [1.807, 2.05) is 6.07 Å². The monoisotopic (exact) mass is 297 g/mol. The summed E-state index contributed by atoms with van der Waals surface area (Å²) in [7, 11) is 0. The molecule has 21 heavy (non-hydrogen) atoms. The van der Waals surface area contributed by atoms with Crippen molar-refractivity contribution in [1.29, 1.82) is 0 Å². The fourth-order valence-corrected chi connectivity index (χ4v) is 4.41. The molecule has 0 fully saturated rings. The molecule has 1 aliphatic heterocycles. The van der Waals surface area contributed by atoms with Crippen LogP contribution in [0.1, 0.15) is 36.5 Å². The molecule has 2 heteroatoms. The number of hydrogen-bond donors (Lipinski definition) is 1. The number of halogens is 1. The Labute approximate surface area is 131 Å². The number of anilines is 1. The highest BCUT2D eigenvalue weighted by Crippen LogP contribution is 2.51. The maximum Gasteiger partial charge on any atom is 0.0410 e. The number of nitrogens with one attached hydrogen (secondary N) is 1. The lowest BCUT2D eigenvalue weighted by atomic mass is 9.74. The van der Waals surface area contributed by atoms with Crippen LogP contribution in [-0.4, -0.2) is 6.04 Å². The molecule has 0 radical (unpaired) electrons. The van der Waals surface area contributed by atoms with Crippen molar-refractivity contribution in [2.75, 3.05) is 5.32 Å². The number of hydrogen-bond acceptors (Lipinski definition) is 1. The van der Waals surface area contributed by atoms with Gasteiger partial charge in [-0.25, -0.2) is 0 Å². The van der Waals surface area contributed by atoms with Crippen LogP contribution in [0.4, 0.5) is 5.69 Å². The van der Waals surface area contributed by atoms with Gasteiger partial charge in [-0.3, -0.25) is 0 Å². The summed E-state index contributed by atoms with van der Waals surface area (Å²) in [4.78, 5) is 0. The van der Waals surface area contributed by atoms with Crippen LogP contribution in [0.25, 0.3) is 0 Å². The van der Waals surface area contributed by atoms with Gasteiger partial charge in [0.15, 0.2) is 0 Å². The maximum absolute atomic E-state index is 6.27. The van der Waals surface area contributed by atoms with Gasteiger partial charge in [-0.1, -0.05) is 49.7 Å². The Morgan fingerprint density at radius 2 is 1.90 bits per heavy atom. The first kappa shape index (κ1) is 13.2. The van der Waals surface area contributed by atoms with Crippen LogP contribution in [0, 0.1) is 11.8 Å². The molecule has 1 heterocycles. The van der Waals surface area contributed by atoms with Crippen LogP contribution in [0.15, 0.2) is 42.5 Å². The van der Waals surface area contributed by atoms with Crippen molar-refractivity contribution in [1.82, 2.24) is 0 Å². The summed E-state index contributed by atoms with van der Waals surface area (Å²) in [5.74, 6) is 1.74. The van der Waals surface area contributed by atoms with E-state index in [-0.39, 0.29) is 0 Å². The highest BCUT2D eigenvalue weighted by Gasteiger charge is 2.43. The van der Waals surface area contributed by atoms with E-state index in [1.54, 1.807) is 0 Å². The van der Waals surface area contributed by atoms with E-state index >= 15 is 0 Å². The largest absolute Gasteiger partial charge is 0.381 e. The minimum atomic E-state index is 0.489. The summed E-state index contributed by atoms with van der Waals surface area (Å²) in [6.45, 7) is 4.64. The fourth-order valence-electron chi connectivity index (χ4n) is 4.23. The number of rotatable bonds is 1. The highest BCUT2D eigenvalue weighted by molar-refractivity contribution is 6.30. The van der Waals surface area contributed by atoms with Gasteiger partial charge in [0, 0.05) is 22.7 Å². The highest BCUT2D eigenvalue weighted by atomic mass is 35.5. The SMILES string of the molecule is CC(C)C1Nc2ccc(Cl)cc2C2c3ccccc3CC21. The third kappa shape index (κ3) is 1.98. The molecule has 1 nitrogen and oxygen atoms in total. The van der Waals surface area contributed by atoms with E-state index in [4.69, 9.17) is 11.6 Å². The Balaban J connectivity index is 1.91. The second kappa shape index (κ2) is 4.78. The fraction of sp³-hybridized carbons (Fsp3) is 0.368. The van der Waals surface area contributed by atoms with Gasteiger partial charge < -0.3 is 5.32 Å². The predicted octanol–water partition coefficient (Wildman–Crippen LogP) is 5.09. The van der Waals surface area contributed by atoms with Crippen LogP contribution >= 0.6 is 11.6 Å². The Hall–Kier alpha value is -1.47. The molecule has 2 aromatic rings. The summed E-state index contributed by atoms with van der Waals surface area (Å²) in [5.41, 5.74) is 5.64. The number of fused-ring (bicyclic) bond motifs is 5. The van der Waals surface area contributed by atoms with Gasteiger partial charge in [-0.15, -0.1) is 0 Å². The van der Waals surface area contributed by atoms with Gasteiger partial charge in [0.05, 0.1) is 0 Å². The first-order valence-electron chi connectivity index (χ1n) is 7.79. The second-order valence-corrected chi connectivity index (χ2v) is 7.13. The van der Waals surface area contributed by atoms with Crippen molar-refractivity contribution in [2.24, 2.45) is 11.8 Å². The summed E-state index contributed by atoms with van der Waals surface area (Å²) >= 11 is 6.27. The average molecular weight is 298 g/mol. The second-order valence-electron chi connectivity index (χ2n) is 6.69. The van der Waals surface area contributed by atoms with Crippen molar-refractivity contribution >= 4 is 17.3 Å². The first-order valence-corrected chi connectivity index (χ1v) is 8.16. The molecule has 3 unspecified atom stereocenters. The zero-order valence-electron chi connectivity index (χ0n) is 12.4. The molecule has 1 N–H and O–H groups in total. The first-order chi connectivity index (χ1) is 10.1. The lowest BCUT2D eigenvalue weighted by Crippen LogP contribution is -2.40. The van der Waals surface area contributed by atoms with Crippen molar-refractivity contribution in [3.63, 3.8) is 0 Å². The van der Waals surface area contributed by atoms with Crippen molar-refractivity contribution in [2.45, 2.75) is 32.2 Å². The summed E-state index contributed by atoms with van der Waals surface area (Å²) in [6, 6.07) is 15.7. The summed E-state index contributed by atoms with van der Waals surface area (Å²) in [5, 5.41) is 4.61. The molecule has 108 valence electrons. The van der Waals surface area contributed by atoms with Gasteiger partial charge in [0.25, 0.3) is 0 Å². The maximum atomic E-state index is 6.27. The summed E-state index contributed by atoms with van der Waals surface area (Å²) in [6.07, 6.45) is 1.17. The Bertz CT molecular complexity index is 692. The van der Waals surface area contributed by atoms with E-state index in [9.17, 15) is 0 Å². The van der Waals surface area contributed by atoms with E-state index in [2.05, 4.69) is 55.6 Å². The van der Waals surface area contributed by atoms with Crippen LogP contribution in [0.3, 0.4) is 0 Å². The number of benzene rings is 2. The van der Waals surface area contributed by atoms with E-state index in [0.717, 1.165) is 5.02 Å². The molecule has 0 saturated heterocycles. The quantitative estimate of drug-likeness (QED) is 0.772. The van der Waals surface area contributed by atoms with Gasteiger partial charge in [-0.05, 0) is 53.1 Å². The Morgan fingerprint density at radius 3 is 2.71 bits per heavy atom. The van der Waals surface area contributed by atoms with Gasteiger partial charge in [-0.2, -0.15) is 0 Å². The van der Waals surface area contributed by atoms with Gasteiger partial charge >= 0.3 is 0 Å². The molecule has 0 bridgehead atoms. The lowest BCUT2D eigenvalue weighted by molar-refractivity contribution is 0.340. The molecule has 3 atom stereocenters. The molecule has 0 aromatic heterocycles. The topological polar surface area (TPSA) is 12.0 Å². The molecular weight excluding hydrogens is 278 g/mol. The molecular formula is C19H20ClN. The van der Waals surface area contributed by atoms with Crippen LogP contribution in [0.2, 0.25) is 5.02 Å². The minimum absolute atomic E-state index is 0.489. The molecule has 0 spiro atoms. The third-order valence-electron chi connectivity index (χ3n) is 5.12. The average Bonchev–Trinajstić information content (AvgIpc) is 2.85. The summed E-state index contributed by atoms with van der Waals surface area (Å²) < 4.78 is 0. The smallest absolute Gasteiger partial charge is 0.0410 e.